The molecule has 0 spiro atoms. The highest BCUT2D eigenvalue weighted by molar-refractivity contribution is 5.86. The minimum Gasteiger partial charge on any atom is -0.496 e. The van der Waals surface area contributed by atoms with Gasteiger partial charge in [0.2, 0.25) is 0 Å². The molecule has 8 nitrogen and oxygen atoms in total. The molecule has 3 heterocycles. The number of H-pyrrole nitrogens is 1. The monoisotopic (exact) mass is 339 g/mol. The standard InChI is InChI=1S/C17H13N3O5/c1-23-14-6-13-11(5-12(14)15-7-18-9-25-15)16(21)20(17(22)19-13)8-10-3-2-4-24-10/h2-7,9H,8H2,1H3,(H,19,22). The topological polar surface area (TPSA) is 103 Å². The number of hydrogen-bond acceptors (Lipinski definition) is 6. The van der Waals surface area contributed by atoms with Gasteiger partial charge in [0.05, 0.1) is 42.6 Å². The van der Waals surface area contributed by atoms with E-state index in [-0.39, 0.29) is 6.54 Å². The molecule has 0 aliphatic carbocycles. The molecule has 0 saturated heterocycles. The number of aromatic nitrogens is 3. The van der Waals surface area contributed by atoms with Gasteiger partial charge in [-0.15, -0.1) is 0 Å². The van der Waals surface area contributed by atoms with E-state index < -0.39 is 11.2 Å². The fraction of sp³-hybridized carbons (Fsp3) is 0.118. The maximum atomic E-state index is 12.8. The summed E-state index contributed by atoms with van der Waals surface area (Å²) in [4.78, 5) is 31.7. The summed E-state index contributed by atoms with van der Waals surface area (Å²) in [5.41, 5.74) is -0.00561. The van der Waals surface area contributed by atoms with Crippen molar-refractivity contribution in [2.45, 2.75) is 6.54 Å². The fourth-order valence-electron chi connectivity index (χ4n) is 2.69. The first-order chi connectivity index (χ1) is 12.2. The number of rotatable bonds is 4. The van der Waals surface area contributed by atoms with E-state index in [1.165, 1.54) is 26.0 Å². The molecule has 0 amide bonds. The van der Waals surface area contributed by atoms with Gasteiger partial charge >= 0.3 is 5.69 Å². The summed E-state index contributed by atoms with van der Waals surface area (Å²) in [7, 11) is 1.50. The number of aromatic amines is 1. The highest BCUT2D eigenvalue weighted by Crippen LogP contribution is 2.32. The van der Waals surface area contributed by atoms with Gasteiger partial charge in [-0.05, 0) is 18.2 Å². The molecule has 4 aromatic rings. The first kappa shape index (κ1) is 15.0. The van der Waals surface area contributed by atoms with Crippen LogP contribution in [0.1, 0.15) is 5.76 Å². The highest BCUT2D eigenvalue weighted by Gasteiger charge is 2.16. The Morgan fingerprint density at radius 3 is 2.84 bits per heavy atom. The zero-order valence-corrected chi connectivity index (χ0v) is 13.2. The predicted octanol–water partition coefficient (Wildman–Crippen LogP) is 1.99. The summed E-state index contributed by atoms with van der Waals surface area (Å²) < 4.78 is 16.9. The predicted molar refractivity (Wildman–Crippen MR) is 88.7 cm³/mol. The minimum absolute atomic E-state index is 0.0424. The van der Waals surface area contributed by atoms with Gasteiger partial charge in [-0.1, -0.05) is 0 Å². The molecule has 126 valence electrons. The molecular weight excluding hydrogens is 326 g/mol. The van der Waals surface area contributed by atoms with Crippen molar-refractivity contribution < 1.29 is 13.6 Å². The number of oxazole rings is 1. The number of ether oxygens (including phenoxy) is 1. The zero-order chi connectivity index (χ0) is 17.4. The van der Waals surface area contributed by atoms with E-state index in [9.17, 15) is 9.59 Å². The van der Waals surface area contributed by atoms with E-state index in [4.69, 9.17) is 13.6 Å². The first-order valence-corrected chi connectivity index (χ1v) is 7.43. The minimum atomic E-state index is -0.525. The lowest BCUT2D eigenvalue weighted by molar-refractivity contribution is 0.415. The van der Waals surface area contributed by atoms with Crippen LogP contribution in [-0.2, 0) is 6.54 Å². The van der Waals surface area contributed by atoms with E-state index in [1.807, 2.05) is 0 Å². The van der Waals surface area contributed by atoms with Gasteiger partial charge in [0.1, 0.15) is 11.5 Å². The van der Waals surface area contributed by atoms with Crippen LogP contribution in [0.5, 0.6) is 5.75 Å². The van der Waals surface area contributed by atoms with Crippen LogP contribution >= 0.6 is 0 Å². The van der Waals surface area contributed by atoms with Crippen molar-refractivity contribution in [2.24, 2.45) is 0 Å². The Morgan fingerprint density at radius 1 is 1.28 bits per heavy atom. The van der Waals surface area contributed by atoms with Crippen LogP contribution < -0.4 is 16.0 Å². The smallest absolute Gasteiger partial charge is 0.329 e. The van der Waals surface area contributed by atoms with Gasteiger partial charge in [0.25, 0.3) is 5.56 Å². The Kier molecular flexibility index (Phi) is 3.50. The normalized spacial score (nSPS) is 11.1. The lowest BCUT2D eigenvalue weighted by Gasteiger charge is -2.09. The largest absolute Gasteiger partial charge is 0.496 e. The van der Waals surface area contributed by atoms with Gasteiger partial charge < -0.3 is 18.6 Å². The Bertz CT molecular complexity index is 1140. The average molecular weight is 339 g/mol. The van der Waals surface area contributed by atoms with E-state index in [0.29, 0.717) is 33.7 Å². The maximum Gasteiger partial charge on any atom is 0.329 e. The molecule has 0 fully saturated rings. The fourth-order valence-corrected chi connectivity index (χ4v) is 2.69. The molecule has 1 N–H and O–H groups in total. The molecule has 1 aromatic carbocycles. The second-order valence-corrected chi connectivity index (χ2v) is 5.36. The van der Waals surface area contributed by atoms with Crippen LogP contribution in [0.15, 0.2) is 61.5 Å². The van der Waals surface area contributed by atoms with Crippen LogP contribution in [0, 0.1) is 0 Å². The van der Waals surface area contributed by atoms with Crippen molar-refractivity contribution in [1.29, 1.82) is 0 Å². The average Bonchev–Trinajstić information content (AvgIpc) is 3.31. The van der Waals surface area contributed by atoms with Gasteiger partial charge in [-0.2, -0.15) is 0 Å². The van der Waals surface area contributed by atoms with Crippen LogP contribution in [0.25, 0.3) is 22.2 Å². The molecule has 8 heteroatoms. The lowest BCUT2D eigenvalue weighted by atomic mass is 10.1. The van der Waals surface area contributed by atoms with E-state index >= 15 is 0 Å². The lowest BCUT2D eigenvalue weighted by Crippen LogP contribution is -2.35. The van der Waals surface area contributed by atoms with Crippen LogP contribution in [0.3, 0.4) is 0 Å². The van der Waals surface area contributed by atoms with Crippen LogP contribution in [0.4, 0.5) is 0 Å². The number of furan rings is 1. The second-order valence-electron chi connectivity index (χ2n) is 5.36. The third-order valence-corrected chi connectivity index (χ3v) is 3.89. The molecule has 0 aliphatic heterocycles. The van der Waals surface area contributed by atoms with Gasteiger partial charge in [-0.3, -0.25) is 9.36 Å². The van der Waals surface area contributed by atoms with Crippen molar-refractivity contribution in [3.8, 4) is 17.1 Å². The Morgan fingerprint density at radius 2 is 2.16 bits per heavy atom. The third-order valence-electron chi connectivity index (χ3n) is 3.89. The zero-order valence-electron chi connectivity index (χ0n) is 13.2. The third kappa shape index (κ3) is 2.53. The summed E-state index contributed by atoms with van der Waals surface area (Å²) in [6.45, 7) is 0.0424. The van der Waals surface area contributed by atoms with E-state index in [0.717, 1.165) is 4.57 Å². The molecule has 25 heavy (non-hydrogen) atoms. The molecule has 0 aliphatic rings. The van der Waals surface area contributed by atoms with Gasteiger partial charge in [0.15, 0.2) is 12.2 Å². The van der Waals surface area contributed by atoms with Crippen molar-refractivity contribution >= 4 is 10.9 Å². The Balaban J connectivity index is 1.96. The van der Waals surface area contributed by atoms with Crippen LogP contribution in [0.2, 0.25) is 0 Å². The first-order valence-electron chi connectivity index (χ1n) is 7.43. The van der Waals surface area contributed by atoms with Crippen molar-refractivity contribution in [3.05, 3.63) is 69.7 Å². The molecule has 0 unspecified atom stereocenters. The van der Waals surface area contributed by atoms with Crippen LogP contribution in [-0.4, -0.2) is 21.6 Å². The van der Waals surface area contributed by atoms with E-state index in [2.05, 4.69) is 9.97 Å². The summed E-state index contributed by atoms with van der Waals surface area (Å²) in [6.07, 6.45) is 4.31. The number of methoxy groups -OCH3 is 1. The maximum absolute atomic E-state index is 12.8. The number of fused-ring (bicyclic) bond motifs is 1. The summed E-state index contributed by atoms with van der Waals surface area (Å²) in [6, 6.07) is 6.60. The quantitative estimate of drug-likeness (QED) is 0.610. The molecule has 0 saturated carbocycles. The molecule has 0 bridgehead atoms. The molecule has 0 atom stereocenters. The summed E-state index contributed by atoms with van der Waals surface area (Å²) in [5.74, 6) is 1.43. The van der Waals surface area contributed by atoms with Crippen molar-refractivity contribution in [1.82, 2.24) is 14.5 Å². The Hall–Kier alpha value is -3.55. The highest BCUT2D eigenvalue weighted by atomic mass is 16.5. The van der Waals surface area contributed by atoms with Crippen molar-refractivity contribution in [2.75, 3.05) is 7.11 Å². The molecular formula is C17H13N3O5. The molecule has 0 radical (unpaired) electrons. The van der Waals surface area contributed by atoms with Gasteiger partial charge in [-0.25, -0.2) is 9.78 Å². The molecule has 3 aromatic heterocycles. The molecule has 4 rings (SSSR count). The second kappa shape index (κ2) is 5.82. The van der Waals surface area contributed by atoms with Gasteiger partial charge in [0, 0.05) is 6.07 Å². The number of benzene rings is 1. The van der Waals surface area contributed by atoms with Crippen molar-refractivity contribution in [3.63, 3.8) is 0 Å². The number of hydrogen-bond donors (Lipinski definition) is 1. The number of nitrogens with zero attached hydrogens (tertiary/aromatic N) is 2. The number of nitrogens with one attached hydrogen (secondary N) is 1. The Labute approximate surface area is 140 Å². The summed E-state index contributed by atoms with van der Waals surface area (Å²) >= 11 is 0. The van der Waals surface area contributed by atoms with E-state index in [1.54, 1.807) is 24.3 Å². The summed E-state index contributed by atoms with van der Waals surface area (Å²) in [5, 5.41) is 0.332. The SMILES string of the molecule is COc1cc2[nH]c(=O)n(Cc3ccco3)c(=O)c2cc1-c1cnco1.